The molecule has 7 heteroatoms. The second kappa shape index (κ2) is 7.03. The molecule has 6 nitrogen and oxygen atoms in total. The number of hydrogen-bond donors (Lipinski definition) is 0. The lowest BCUT2D eigenvalue weighted by molar-refractivity contribution is 0.187. The largest absolute Gasteiger partial charge is 0.339 e. The highest BCUT2D eigenvalue weighted by molar-refractivity contribution is 7.91. The van der Waals surface area contributed by atoms with Crippen molar-refractivity contribution < 1.29 is 12.9 Å². The van der Waals surface area contributed by atoms with E-state index in [0.29, 0.717) is 31.2 Å². The molecular formula is C17H23N3O3S. The van der Waals surface area contributed by atoms with Gasteiger partial charge in [0.15, 0.2) is 15.7 Å². The Labute approximate surface area is 142 Å². The number of rotatable bonds is 6. The van der Waals surface area contributed by atoms with E-state index in [-0.39, 0.29) is 23.5 Å². The summed E-state index contributed by atoms with van der Waals surface area (Å²) in [6.45, 7) is 5.17. The molecule has 3 rings (SSSR count). The number of benzene rings is 1. The summed E-state index contributed by atoms with van der Waals surface area (Å²) in [6.07, 6.45) is 0.657. The van der Waals surface area contributed by atoms with Gasteiger partial charge in [-0.2, -0.15) is 4.98 Å². The van der Waals surface area contributed by atoms with Crippen LogP contribution < -0.4 is 0 Å². The number of aromatic nitrogens is 2. The van der Waals surface area contributed by atoms with Crippen molar-refractivity contribution in [3.05, 3.63) is 47.6 Å². The molecule has 0 aliphatic carbocycles. The van der Waals surface area contributed by atoms with Crippen molar-refractivity contribution in [2.24, 2.45) is 0 Å². The molecule has 1 saturated heterocycles. The first-order valence-electron chi connectivity index (χ1n) is 8.24. The van der Waals surface area contributed by atoms with Gasteiger partial charge < -0.3 is 4.52 Å². The van der Waals surface area contributed by atoms with Gasteiger partial charge in [-0.25, -0.2) is 8.42 Å². The van der Waals surface area contributed by atoms with Crippen molar-refractivity contribution in [2.45, 2.75) is 45.3 Å². The second-order valence-corrected chi connectivity index (χ2v) is 8.88. The fourth-order valence-electron chi connectivity index (χ4n) is 2.94. The van der Waals surface area contributed by atoms with E-state index >= 15 is 0 Å². The molecule has 1 aromatic carbocycles. The van der Waals surface area contributed by atoms with Crippen molar-refractivity contribution in [1.29, 1.82) is 0 Å². The van der Waals surface area contributed by atoms with E-state index < -0.39 is 9.84 Å². The summed E-state index contributed by atoms with van der Waals surface area (Å²) in [7, 11) is -2.94. The molecule has 130 valence electrons. The Kier molecular flexibility index (Phi) is 5.01. The summed E-state index contributed by atoms with van der Waals surface area (Å²) >= 11 is 0. The number of nitrogens with zero attached hydrogens (tertiary/aromatic N) is 3. The van der Waals surface area contributed by atoms with E-state index in [4.69, 9.17) is 4.52 Å². The van der Waals surface area contributed by atoms with Crippen molar-refractivity contribution in [3.63, 3.8) is 0 Å². The van der Waals surface area contributed by atoms with Crippen LogP contribution in [0.5, 0.6) is 0 Å². The van der Waals surface area contributed by atoms with Gasteiger partial charge in [-0.15, -0.1) is 0 Å². The molecule has 0 bridgehead atoms. The molecule has 0 radical (unpaired) electrons. The lowest BCUT2D eigenvalue weighted by Crippen LogP contribution is -2.35. The van der Waals surface area contributed by atoms with Crippen molar-refractivity contribution >= 4 is 9.84 Å². The molecule has 0 amide bonds. The molecule has 0 unspecified atom stereocenters. The smallest absolute Gasteiger partial charge is 0.229 e. The monoisotopic (exact) mass is 349 g/mol. The van der Waals surface area contributed by atoms with Gasteiger partial charge in [0.2, 0.25) is 5.89 Å². The zero-order valence-electron chi connectivity index (χ0n) is 14.1. The minimum atomic E-state index is -2.94. The maximum Gasteiger partial charge on any atom is 0.229 e. The molecule has 1 aliphatic rings. The van der Waals surface area contributed by atoms with Crippen LogP contribution in [-0.2, 0) is 22.9 Å². The van der Waals surface area contributed by atoms with Gasteiger partial charge in [-0.05, 0) is 12.0 Å². The molecular weight excluding hydrogens is 326 g/mol. The summed E-state index contributed by atoms with van der Waals surface area (Å²) in [6, 6.07) is 10.0. The Balaban J connectivity index is 1.78. The number of hydrogen-bond acceptors (Lipinski definition) is 6. The van der Waals surface area contributed by atoms with E-state index in [9.17, 15) is 8.42 Å². The summed E-state index contributed by atoms with van der Waals surface area (Å²) in [4.78, 5) is 6.58. The first-order valence-corrected chi connectivity index (χ1v) is 10.1. The van der Waals surface area contributed by atoms with Crippen molar-refractivity contribution in [2.75, 3.05) is 11.5 Å². The third kappa shape index (κ3) is 4.21. The van der Waals surface area contributed by atoms with Gasteiger partial charge in [0.25, 0.3) is 0 Å². The highest BCUT2D eigenvalue weighted by atomic mass is 32.2. The van der Waals surface area contributed by atoms with Gasteiger partial charge in [0, 0.05) is 18.5 Å². The maximum absolute atomic E-state index is 11.9. The zero-order chi connectivity index (χ0) is 17.2. The SMILES string of the molecule is CC(C)c1nc(CN(Cc2ccccc2)[C@@H]2CCS(=O)(=O)C2)no1. The fraction of sp³-hybridized carbons (Fsp3) is 0.529. The standard InChI is InChI=1S/C17H23N3O3S/c1-13(2)17-18-16(19-23-17)11-20(10-14-6-4-3-5-7-14)15-8-9-24(21,22)12-15/h3-7,13,15H,8-12H2,1-2H3/t15-/m1/s1. The van der Waals surface area contributed by atoms with Crippen molar-refractivity contribution in [1.82, 2.24) is 15.0 Å². The predicted octanol–water partition coefficient (Wildman–Crippen LogP) is 2.38. The van der Waals surface area contributed by atoms with Gasteiger partial charge in [-0.1, -0.05) is 49.3 Å². The Bertz CT molecular complexity index is 771. The quantitative estimate of drug-likeness (QED) is 0.797. The predicted molar refractivity (Wildman–Crippen MR) is 91.1 cm³/mol. The molecule has 0 N–H and O–H groups in total. The van der Waals surface area contributed by atoms with Gasteiger partial charge >= 0.3 is 0 Å². The molecule has 0 saturated carbocycles. The van der Waals surface area contributed by atoms with E-state index in [1.807, 2.05) is 44.2 Å². The molecule has 24 heavy (non-hydrogen) atoms. The van der Waals surface area contributed by atoms with Crippen LogP contribution in [0, 0.1) is 0 Å². The first kappa shape index (κ1) is 17.1. The van der Waals surface area contributed by atoms with E-state index in [2.05, 4.69) is 15.0 Å². The molecule has 2 aromatic rings. The molecule has 1 aromatic heterocycles. The van der Waals surface area contributed by atoms with Crippen molar-refractivity contribution in [3.8, 4) is 0 Å². The highest BCUT2D eigenvalue weighted by Crippen LogP contribution is 2.22. The van der Waals surface area contributed by atoms with Gasteiger partial charge in [0.1, 0.15) is 0 Å². The summed E-state index contributed by atoms with van der Waals surface area (Å²) in [5, 5.41) is 4.05. The van der Waals surface area contributed by atoms with Crippen LogP contribution in [0.2, 0.25) is 0 Å². The number of sulfone groups is 1. The molecule has 1 aliphatic heterocycles. The Hall–Kier alpha value is -1.73. The third-order valence-corrected chi connectivity index (χ3v) is 6.03. The topological polar surface area (TPSA) is 76.3 Å². The normalized spacial score (nSPS) is 20.1. The highest BCUT2D eigenvalue weighted by Gasteiger charge is 2.33. The average Bonchev–Trinajstić information content (AvgIpc) is 3.14. The minimum Gasteiger partial charge on any atom is -0.339 e. The zero-order valence-corrected chi connectivity index (χ0v) is 14.9. The van der Waals surface area contributed by atoms with Crippen LogP contribution in [0.3, 0.4) is 0 Å². The lowest BCUT2D eigenvalue weighted by atomic mass is 10.1. The second-order valence-electron chi connectivity index (χ2n) is 6.65. The first-order chi connectivity index (χ1) is 11.4. The van der Waals surface area contributed by atoms with E-state index in [1.54, 1.807) is 0 Å². The molecule has 1 atom stereocenters. The third-order valence-electron chi connectivity index (χ3n) is 4.28. The summed E-state index contributed by atoms with van der Waals surface area (Å²) in [5.74, 6) is 1.87. The molecule has 1 fully saturated rings. The van der Waals surface area contributed by atoms with Crippen LogP contribution in [-0.4, -0.2) is 41.0 Å². The van der Waals surface area contributed by atoms with E-state index in [1.165, 1.54) is 0 Å². The Morgan fingerprint density at radius 2 is 2.00 bits per heavy atom. The van der Waals surface area contributed by atoms with Crippen LogP contribution >= 0.6 is 0 Å². The van der Waals surface area contributed by atoms with Crippen LogP contribution in [0.15, 0.2) is 34.9 Å². The summed E-state index contributed by atoms with van der Waals surface area (Å²) < 4.78 is 29.0. The Morgan fingerprint density at radius 3 is 2.58 bits per heavy atom. The molecule has 0 spiro atoms. The van der Waals surface area contributed by atoms with Crippen LogP contribution in [0.25, 0.3) is 0 Å². The van der Waals surface area contributed by atoms with Crippen LogP contribution in [0.4, 0.5) is 0 Å². The lowest BCUT2D eigenvalue weighted by Gasteiger charge is -2.26. The van der Waals surface area contributed by atoms with Crippen LogP contribution in [0.1, 0.15) is 43.5 Å². The minimum absolute atomic E-state index is 0.00351. The Morgan fingerprint density at radius 1 is 1.25 bits per heavy atom. The average molecular weight is 349 g/mol. The van der Waals surface area contributed by atoms with Gasteiger partial charge in [-0.3, -0.25) is 4.90 Å². The maximum atomic E-state index is 11.9. The fourth-order valence-corrected chi connectivity index (χ4v) is 4.70. The van der Waals surface area contributed by atoms with E-state index in [0.717, 1.165) is 5.56 Å². The molecule has 2 heterocycles. The summed E-state index contributed by atoms with van der Waals surface area (Å²) in [5.41, 5.74) is 1.15. The van der Waals surface area contributed by atoms with Gasteiger partial charge in [0.05, 0.1) is 18.1 Å².